The molecule has 0 spiro atoms. The summed E-state index contributed by atoms with van der Waals surface area (Å²) < 4.78 is 41.1. The molecule has 29 heavy (non-hydrogen) atoms. The van der Waals surface area contributed by atoms with Crippen LogP contribution in [-0.4, -0.2) is 40.0 Å². The molecule has 0 aliphatic heterocycles. The maximum atomic E-state index is 13.0. The van der Waals surface area contributed by atoms with Crippen molar-refractivity contribution in [1.82, 2.24) is 19.6 Å². The van der Waals surface area contributed by atoms with E-state index in [2.05, 4.69) is 28.3 Å². The Balaban J connectivity index is 2.03. The number of halogens is 3. The first kappa shape index (κ1) is 21.2. The number of aromatic nitrogens is 2. The molecule has 1 aliphatic carbocycles. The normalized spacial score (nSPS) is 15.0. The third-order valence-electron chi connectivity index (χ3n) is 5.52. The van der Waals surface area contributed by atoms with Crippen LogP contribution in [0, 0.1) is 6.92 Å². The van der Waals surface area contributed by atoms with Crippen molar-refractivity contribution in [2.45, 2.75) is 46.0 Å². The minimum absolute atomic E-state index is 0.264. The van der Waals surface area contributed by atoms with Crippen LogP contribution < -0.4 is 0 Å². The molecule has 1 heterocycles. The lowest BCUT2D eigenvalue weighted by Crippen LogP contribution is -2.43. The van der Waals surface area contributed by atoms with Crippen LogP contribution in [0.3, 0.4) is 0 Å². The summed E-state index contributed by atoms with van der Waals surface area (Å²) in [5.74, 6) is 0.918. The SMILES string of the molecule is C=C1CCCc2c1cc(Cn1ccnc1C)cc2/C(C)=C/N(C)N(C)C(F)(F)F. The summed E-state index contributed by atoms with van der Waals surface area (Å²) >= 11 is 0. The smallest absolute Gasteiger partial charge is 0.331 e. The summed E-state index contributed by atoms with van der Waals surface area (Å²) in [5, 5.41) is 1.34. The second kappa shape index (κ2) is 8.06. The second-order valence-electron chi connectivity index (χ2n) is 7.61. The van der Waals surface area contributed by atoms with Crippen molar-refractivity contribution < 1.29 is 13.2 Å². The van der Waals surface area contributed by atoms with E-state index < -0.39 is 6.30 Å². The van der Waals surface area contributed by atoms with Crippen LogP contribution in [0.15, 0.2) is 37.3 Å². The van der Waals surface area contributed by atoms with Crippen molar-refractivity contribution in [3.63, 3.8) is 0 Å². The number of benzene rings is 1. The number of nitrogens with zero attached hydrogens (tertiary/aromatic N) is 4. The fraction of sp³-hybridized carbons (Fsp3) is 0.409. The number of hydrogen-bond donors (Lipinski definition) is 0. The van der Waals surface area contributed by atoms with E-state index in [-0.39, 0.29) is 5.01 Å². The molecule has 3 rings (SSSR count). The van der Waals surface area contributed by atoms with Crippen LogP contribution in [0.2, 0.25) is 0 Å². The number of imidazole rings is 1. The van der Waals surface area contributed by atoms with E-state index in [1.807, 2.05) is 20.0 Å². The molecule has 0 saturated carbocycles. The molecule has 7 heteroatoms. The lowest BCUT2D eigenvalue weighted by atomic mass is 9.82. The van der Waals surface area contributed by atoms with Crippen molar-refractivity contribution in [2.75, 3.05) is 14.1 Å². The van der Waals surface area contributed by atoms with Crippen molar-refractivity contribution in [3.05, 3.63) is 65.4 Å². The second-order valence-corrected chi connectivity index (χ2v) is 7.61. The van der Waals surface area contributed by atoms with Crippen molar-refractivity contribution in [1.29, 1.82) is 0 Å². The van der Waals surface area contributed by atoms with Crippen LogP contribution in [-0.2, 0) is 13.0 Å². The molecule has 2 aromatic rings. The molecule has 0 saturated heterocycles. The molecule has 0 N–H and O–H groups in total. The summed E-state index contributed by atoms with van der Waals surface area (Å²) in [5.41, 5.74) is 6.25. The largest absolute Gasteiger partial charge is 0.477 e. The Bertz CT molecular complexity index is 940. The fourth-order valence-electron chi connectivity index (χ4n) is 3.76. The van der Waals surface area contributed by atoms with E-state index in [0.29, 0.717) is 6.54 Å². The van der Waals surface area contributed by atoms with Gasteiger partial charge in [-0.05, 0) is 78.6 Å². The zero-order chi connectivity index (χ0) is 21.3. The monoisotopic (exact) mass is 404 g/mol. The number of aryl methyl sites for hydroxylation is 1. The average molecular weight is 404 g/mol. The van der Waals surface area contributed by atoms with Gasteiger partial charge in [0.15, 0.2) is 0 Å². The zero-order valence-electron chi connectivity index (χ0n) is 17.3. The molecular formula is C22H27F3N4. The van der Waals surface area contributed by atoms with Crippen LogP contribution >= 0.6 is 0 Å². The lowest BCUT2D eigenvalue weighted by Gasteiger charge is -2.30. The Morgan fingerprint density at radius 3 is 2.62 bits per heavy atom. The lowest BCUT2D eigenvalue weighted by molar-refractivity contribution is -0.288. The van der Waals surface area contributed by atoms with Gasteiger partial charge in [-0.3, -0.25) is 0 Å². The Morgan fingerprint density at radius 2 is 2.00 bits per heavy atom. The maximum absolute atomic E-state index is 13.0. The number of alkyl halides is 3. The Kier molecular flexibility index (Phi) is 5.89. The average Bonchev–Trinajstić information content (AvgIpc) is 3.05. The van der Waals surface area contributed by atoms with Gasteiger partial charge in [-0.2, -0.15) is 13.2 Å². The third-order valence-corrected chi connectivity index (χ3v) is 5.52. The van der Waals surface area contributed by atoms with Gasteiger partial charge in [0.1, 0.15) is 5.82 Å². The number of allylic oxidation sites excluding steroid dienone is 2. The molecular weight excluding hydrogens is 377 g/mol. The topological polar surface area (TPSA) is 24.3 Å². The van der Waals surface area contributed by atoms with Gasteiger partial charge in [0.2, 0.25) is 0 Å². The van der Waals surface area contributed by atoms with E-state index in [1.54, 1.807) is 6.20 Å². The van der Waals surface area contributed by atoms with E-state index >= 15 is 0 Å². The highest BCUT2D eigenvalue weighted by Gasteiger charge is 2.36. The van der Waals surface area contributed by atoms with Gasteiger partial charge in [-0.25, -0.2) is 4.98 Å². The molecule has 1 aromatic carbocycles. The minimum Gasteiger partial charge on any atom is -0.331 e. The van der Waals surface area contributed by atoms with Gasteiger partial charge in [0, 0.05) is 39.2 Å². The summed E-state index contributed by atoms with van der Waals surface area (Å²) in [6.45, 7) is 8.70. The Labute approximate surface area is 169 Å². The Hall–Kier alpha value is -2.54. The van der Waals surface area contributed by atoms with E-state index in [1.165, 1.54) is 18.8 Å². The van der Waals surface area contributed by atoms with Crippen molar-refractivity contribution in [2.24, 2.45) is 0 Å². The van der Waals surface area contributed by atoms with Gasteiger partial charge in [-0.15, -0.1) is 5.01 Å². The molecule has 0 bridgehead atoms. The minimum atomic E-state index is -4.43. The van der Waals surface area contributed by atoms with Gasteiger partial charge in [0.05, 0.1) is 0 Å². The fourth-order valence-corrected chi connectivity index (χ4v) is 3.76. The summed E-state index contributed by atoms with van der Waals surface area (Å²) in [6, 6.07) is 4.25. The molecule has 4 nitrogen and oxygen atoms in total. The first-order valence-corrected chi connectivity index (χ1v) is 9.61. The predicted octanol–water partition coefficient (Wildman–Crippen LogP) is 5.25. The zero-order valence-corrected chi connectivity index (χ0v) is 17.3. The van der Waals surface area contributed by atoms with Crippen LogP contribution in [0.4, 0.5) is 13.2 Å². The Morgan fingerprint density at radius 1 is 1.28 bits per heavy atom. The van der Waals surface area contributed by atoms with Crippen LogP contribution in [0.25, 0.3) is 11.1 Å². The van der Waals surface area contributed by atoms with E-state index in [9.17, 15) is 13.2 Å². The highest BCUT2D eigenvalue weighted by atomic mass is 19.4. The number of rotatable bonds is 5. The summed E-state index contributed by atoms with van der Waals surface area (Å²) in [4.78, 5) is 4.27. The number of hydrogen-bond acceptors (Lipinski definition) is 3. The van der Waals surface area contributed by atoms with Crippen LogP contribution in [0.1, 0.15) is 47.8 Å². The van der Waals surface area contributed by atoms with Gasteiger partial charge in [-0.1, -0.05) is 6.58 Å². The summed E-state index contributed by atoms with van der Waals surface area (Å²) in [7, 11) is 2.42. The highest BCUT2D eigenvalue weighted by molar-refractivity contribution is 5.77. The van der Waals surface area contributed by atoms with E-state index in [0.717, 1.165) is 65.0 Å². The molecule has 0 unspecified atom stereocenters. The van der Waals surface area contributed by atoms with Gasteiger partial charge < -0.3 is 9.58 Å². The molecule has 0 amide bonds. The molecule has 156 valence electrons. The first-order valence-electron chi connectivity index (χ1n) is 9.61. The first-order chi connectivity index (χ1) is 13.6. The molecule has 1 aliphatic rings. The highest BCUT2D eigenvalue weighted by Crippen LogP contribution is 2.36. The van der Waals surface area contributed by atoms with Gasteiger partial charge in [0.25, 0.3) is 0 Å². The molecule has 0 fully saturated rings. The van der Waals surface area contributed by atoms with Crippen molar-refractivity contribution in [3.8, 4) is 0 Å². The quantitative estimate of drug-likeness (QED) is 0.503. The maximum Gasteiger partial charge on any atom is 0.477 e. The summed E-state index contributed by atoms with van der Waals surface area (Å²) in [6.07, 6.45) is 3.65. The molecule has 1 aromatic heterocycles. The molecule has 0 radical (unpaired) electrons. The number of hydrazine groups is 1. The predicted molar refractivity (Wildman–Crippen MR) is 110 cm³/mol. The standard InChI is InChI=1S/C22H27F3N4/c1-15-7-6-8-19-20(15)11-18(14-29-10-9-26-17(29)3)12-21(19)16(2)13-27(4)28(5)22(23,24)25/h9-13H,1,6-8,14H2,2-5H3/b16-13+. The third kappa shape index (κ3) is 4.56. The van der Waals surface area contributed by atoms with Crippen LogP contribution in [0.5, 0.6) is 0 Å². The molecule has 0 atom stereocenters. The van der Waals surface area contributed by atoms with Crippen molar-refractivity contribution >= 4 is 11.1 Å². The van der Waals surface area contributed by atoms with Gasteiger partial charge >= 0.3 is 6.30 Å². The van der Waals surface area contributed by atoms with E-state index in [4.69, 9.17) is 0 Å². The number of fused-ring (bicyclic) bond motifs is 1.